The third-order valence-electron chi connectivity index (χ3n) is 4.99. The van der Waals surface area contributed by atoms with Gasteiger partial charge in [0, 0.05) is 31.9 Å². The van der Waals surface area contributed by atoms with Crippen molar-refractivity contribution in [2.75, 3.05) is 44.3 Å². The summed E-state index contributed by atoms with van der Waals surface area (Å²) in [5.74, 6) is 0.0917. The van der Waals surface area contributed by atoms with Gasteiger partial charge in [0.25, 0.3) is 0 Å². The van der Waals surface area contributed by atoms with Crippen LogP contribution in [0.5, 0.6) is 11.5 Å². The highest BCUT2D eigenvalue weighted by Gasteiger charge is 2.31. The van der Waals surface area contributed by atoms with Crippen molar-refractivity contribution in [3.05, 3.63) is 53.8 Å². The second kappa shape index (κ2) is 7.44. The Bertz CT molecular complexity index is 819. The van der Waals surface area contributed by atoms with Crippen LogP contribution in [-0.4, -0.2) is 55.4 Å². The predicted octanol–water partition coefficient (Wildman–Crippen LogP) is 2.54. The van der Waals surface area contributed by atoms with E-state index in [0.717, 1.165) is 5.69 Å². The van der Waals surface area contributed by atoms with Crippen LogP contribution in [0.25, 0.3) is 0 Å². The molecule has 1 fully saturated rings. The predicted molar refractivity (Wildman–Crippen MR) is 98.0 cm³/mol. The van der Waals surface area contributed by atoms with Gasteiger partial charge in [-0.15, -0.1) is 0 Å². The number of piperazine rings is 1. The van der Waals surface area contributed by atoms with E-state index in [0.29, 0.717) is 56.5 Å². The number of benzene rings is 2. The fraction of sp³-hybridized carbons (Fsp3) is 0.350. The number of carboxylic acids is 1. The number of hydrogen-bond acceptors (Lipinski definition) is 5. The summed E-state index contributed by atoms with van der Waals surface area (Å²) in [5.41, 5.74) is 1.63. The van der Waals surface area contributed by atoms with Crippen molar-refractivity contribution in [3.63, 3.8) is 0 Å². The van der Waals surface area contributed by atoms with Crippen molar-refractivity contribution < 1.29 is 23.8 Å². The van der Waals surface area contributed by atoms with E-state index < -0.39 is 12.0 Å². The van der Waals surface area contributed by atoms with Gasteiger partial charge in [0.05, 0.1) is 0 Å². The monoisotopic (exact) mass is 372 g/mol. The van der Waals surface area contributed by atoms with Gasteiger partial charge in [-0.3, -0.25) is 9.69 Å². The molecule has 2 aromatic carbocycles. The van der Waals surface area contributed by atoms with Gasteiger partial charge in [0.2, 0.25) is 0 Å². The highest BCUT2D eigenvalue weighted by atomic mass is 19.1. The minimum absolute atomic E-state index is 0.262. The van der Waals surface area contributed by atoms with E-state index in [4.69, 9.17) is 9.47 Å². The molecule has 27 heavy (non-hydrogen) atoms. The van der Waals surface area contributed by atoms with Crippen LogP contribution in [0.15, 0.2) is 42.5 Å². The van der Waals surface area contributed by atoms with Gasteiger partial charge in [0.1, 0.15) is 25.1 Å². The van der Waals surface area contributed by atoms with Crippen LogP contribution in [-0.2, 0) is 4.79 Å². The molecule has 6 nitrogen and oxygen atoms in total. The summed E-state index contributed by atoms with van der Waals surface area (Å²) in [6.07, 6.45) is 0. The Hall–Kier alpha value is -2.80. The van der Waals surface area contributed by atoms with Crippen LogP contribution in [0.3, 0.4) is 0 Å². The van der Waals surface area contributed by atoms with Crippen molar-refractivity contribution in [2.24, 2.45) is 0 Å². The van der Waals surface area contributed by atoms with Crippen LogP contribution >= 0.6 is 0 Å². The molecule has 1 saturated heterocycles. The molecule has 1 N–H and O–H groups in total. The Morgan fingerprint density at radius 1 is 0.963 bits per heavy atom. The Balaban J connectivity index is 1.49. The number of carboxylic acid groups (broad SMARTS) is 1. The van der Waals surface area contributed by atoms with Crippen LogP contribution in [0, 0.1) is 5.82 Å². The van der Waals surface area contributed by atoms with Crippen molar-refractivity contribution in [2.45, 2.75) is 6.04 Å². The normalized spacial score (nSPS) is 18.2. The molecular weight excluding hydrogens is 351 g/mol. The number of halogens is 1. The molecule has 1 atom stereocenters. The molecule has 142 valence electrons. The largest absolute Gasteiger partial charge is 0.486 e. The number of fused-ring (bicyclic) bond motifs is 1. The maximum Gasteiger partial charge on any atom is 0.325 e. The van der Waals surface area contributed by atoms with Crippen LogP contribution in [0.4, 0.5) is 10.1 Å². The Morgan fingerprint density at radius 3 is 2.30 bits per heavy atom. The van der Waals surface area contributed by atoms with E-state index in [-0.39, 0.29) is 5.82 Å². The van der Waals surface area contributed by atoms with E-state index in [1.165, 1.54) is 12.1 Å². The zero-order valence-electron chi connectivity index (χ0n) is 14.8. The second-order valence-corrected chi connectivity index (χ2v) is 6.64. The number of hydrogen-bond donors (Lipinski definition) is 1. The van der Waals surface area contributed by atoms with Crippen LogP contribution < -0.4 is 14.4 Å². The quantitative estimate of drug-likeness (QED) is 0.890. The third-order valence-corrected chi connectivity index (χ3v) is 4.99. The molecular formula is C20H21FN2O4. The standard InChI is InChI=1S/C20H21FN2O4/c21-15-2-4-16(5-3-15)22-7-9-23(10-8-22)19(20(24)25)14-1-6-17-18(13-14)27-12-11-26-17/h1-6,13,19H,7-12H2,(H,24,25). The minimum atomic E-state index is -0.887. The molecule has 0 aliphatic carbocycles. The summed E-state index contributed by atoms with van der Waals surface area (Å²) in [4.78, 5) is 16.1. The van der Waals surface area contributed by atoms with E-state index >= 15 is 0 Å². The Morgan fingerprint density at radius 2 is 1.63 bits per heavy atom. The van der Waals surface area contributed by atoms with Gasteiger partial charge in [0.15, 0.2) is 11.5 Å². The zero-order chi connectivity index (χ0) is 18.8. The maximum absolute atomic E-state index is 13.1. The molecule has 0 aromatic heterocycles. The molecule has 0 spiro atoms. The van der Waals surface area contributed by atoms with Crippen molar-refractivity contribution in [1.82, 2.24) is 4.90 Å². The van der Waals surface area contributed by atoms with Crippen molar-refractivity contribution >= 4 is 11.7 Å². The highest BCUT2D eigenvalue weighted by molar-refractivity contribution is 5.76. The summed E-state index contributed by atoms with van der Waals surface area (Å²) >= 11 is 0. The van der Waals surface area contributed by atoms with E-state index in [1.807, 2.05) is 4.90 Å². The lowest BCUT2D eigenvalue weighted by Crippen LogP contribution is -2.49. The summed E-state index contributed by atoms with van der Waals surface area (Å²) in [6, 6.07) is 11.0. The number of carbonyl (C=O) groups is 1. The topological polar surface area (TPSA) is 62.2 Å². The van der Waals surface area contributed by atoms with Gasteiger partial charge in [-0.05, 0) is 42.0 Å². The number of anilines is 1. The summed E-state index contributed by atoms with van der Waals surface area (Å²) < 4.78 is 24.2. The zero-order valence-corrected chi connectivity index (χ0v) is 14.8. The lowest BCUT2D eigenvalue weighted by Gasteiger charge is -2.39. The summed E-state index contributed by atoms with van der Waals surface area (Å²) in [6.45, 7) is 3.52. The van der Waals surface area contributed by atoms with Gasteiger partial charge >= 0.3 is 5.97 Å². The second-order valence-electron chi connectivity index (χ2n) is 6.64. The molecule has 0 amide bonds. The van der Waals surface area contributed by atoms with Crippen molar-refractivity contribution in [1.29, 1.82) is 0 Å². The molecule has 4 rings (SSSR count). The third kappa shape index (κ3) is 3.68. The highest BCUT2D eigenvalue weighted by Crippen LogP contribution is 2.34. The number of nitrogens with zero attached hydrogens (tertiary/aromatic N) is 2. The molecule has 1 unspecified atom stereocenters. The first-order valence-corrected chi connectivity index (χ1v) is 8.99. The number of rotatable bonds is 4. The van der Waals surface area contributed by atoms with Gasteiger partial charge in [-0.25, -0.2) is 4.39 Å². The molecule has 7 heteroatoms. The average molecular weight is 372 g/mol. The fourth-order valence-corrected chi connectivity index (χ4v) is 3.63. The fourth-order valence-electron chi connectivity index (χ4n) is 3.63. The Labute approximate surface area is 156 Å². The average Bonchev–Trinajstić information content (AvgIpc) is 2.69. The number of ether oxygens (including phenoxy) is 2. The van der Waals surface area contributed by atoms with Gasteiger partial charge in [-0.1, -0.05) is 6.07 Å². The van der Waals surface area contributed by atoms with Crippen molar-refractivity contribution in [3.8, 4) is 11.5 Å². The van der Waals surface area contributed by atoms with Crippen LogP contribution in [0.2, 0.25) is 0 Å². The summed E-state index contributed by atoms with van der Waals surface area (Å²) in [5, 5.41) is 9.83. The molecule has 2 aromatic rings. The first kappa shape index (κ1) is 17.6. The lowest BCUT2D eigenvalue weighted by atomic mass is 10.0. The molecule has 0 saturated carbocycles. The molecule has 2 heterocycles. The molecule has 2 aliphatic heterocycles. The summed E-state index contributed by atoms with van der Waals surface area (Å²) in [7, 11) is 0. The minimum Gasteiger partial charge on any atom is -0.486 e. The van der Waals surface area contributed by atoms with Gasteiger partial charge < -0.3 is 19.5 Å². The smallest absolute Gasteiger partial charge is 0.325 e. The molecule has 2 aliphatic rings. The van der Waals surface area contributed by atoms with Crippen LogP contribution in [0.1, 0.15) is 11.6 Å². The van der Waals surface area contributed by atoms with Gasteiger partial charge in [-0.2, -0.15) is 0 Å². The lowest BCUT2D eigenvalue weighted by molar-refractivity contribution is -0.143. The van der Waals surface area contributed by atoms with E-state index in [9.17, 15) is 14.3 Å². The van der Waals surface area contributed by atoms with E-state index in [2.05, 4.69) is 4.90 Å². The first-order valence-electron chi connectivity index (χ1n) is 8.99. The first-order chi connectivity index (χ1) is 13.1. The molecule has 0 radical (unpaired) electrons. The maximum atomic E-state index is 13.1. The van der Waals surface area contributed by atoms with E-state index in [1.54, 1.807) is 30.3 Å². The Kier molecular flexibility index (Phi) is 4.85. The SMILES string of the molecule is O=C(O)C(c1ccc2c(c1)OCCO2)N1CCN(c2ccc(F)cc2)CC1. The number of aliphatic carboxylic acids is 1. The molecule has 0 bridgehead atoms.